The summed E-state index contributed by atoms with van der Waals surface area (Å²) in [5.41, 5.74) is 3.45. The molecule has 3 aromatic rings. The van der Waals surface area contributed by atoms with Crippen molar-refractivity contribution in [2.75, 3.05) is 13.1 Å². The molecule has 1 aliphatic rings. The number of halogens is 1. The maximum Gasteiger partial charge on any atom is 0.132 e. The Labute approximate surface area is 153 Å². The van der Waals surface area contributed by atoms with Crippen molar-refractivity contribution >= 4 is 0 Å². The smallest absolute Gasteiger partial charge is 0.132 e. The molecule has 4 rings (SSSR count). The molecule has 4 heteroatoms. The zero-order valence-electron chi connectivity index (χ0n) is 14.7. The lowest BCUT2D eigenvalue weighted by Gasteiger charge is -2.33. The lowest BCUT2D eigenvalue weighted by Crippen LogP contribution is -2.34. The van der Waals surface area contributed by atoms with Gasteiger partial charge in [-0.25, -0.2) is 4.39 Å². The maximum atomic E-state index is 14.3. The van der Waals surface area contributed by atoms with E-state index in [0.29, 0.717) is 11.3 Å². The molecule has 1 aliphatic heterocycles. The summed E-state index contributed by atoms with van der Waals surface area (Å²) in [6.07, 6.45) is 5.54. The van der Waals surface area contributed by atoms with E-state index in [4.69, 9.17) is 0 Å². The first kappa shape index (κ1) is 16.9. The van der Waals surface area contributed by atoms with Gasteiger partial charge in [0.25, 0.3) is 0 Å². The maximum absolute atomic E-state index is 14.3. The highest BCUT2D eigenvalue weighted by molar-refractivity contribution is 5.62. The summed E-state index contributed by atoms with van der Waals surface area (Å²) in [4.78, 5) is 11.5. The first-order valence-electron chi connectivity index (χ1n) is 9.13. The van der Waals surface area contributed by atoms with E-state index in [9.17, 15) is 4.39 Å². The van der Waals surface area contributed by atoms with Crippen LogP contribution in [0.15, 0.2) is 67.0 Å². The Kier molecular flexibility index (Phi) is 5.02. The number of likely N-dealkylation sites (tertiary alicyclic amines) is 1. The van der Waals surface area contributed by atoms with E-state index in [0.717, 1.165) is 38.2 Å². The number of rotatable bonds is 4. The van der Waals surface area contributed by atoms with Gasteiger partial charge >= 0.3 is 0 Å². The van der Waals surface area contributed by atoms with Gasteiger partial charge in [0.2, 0.25) is 0 Å². The third kappa shape index (κ3) is 3.65. The quantitative estimate of drug-likeness (QED) is 0.687. The Morgan fingerprint density at radius 1 is 0.962 bits per heavy atom. The summed E-state index contributed by atoms with van der Waals surface area (Å²) in [6.45, 7) is 2.95. The lowest BCUT2D eigenvalue weighted by molar-refractivity contribution is 0.198. The molecule has 0 saturated carbocycles. The van der Waals surface area contributed by atoms with Gasteiger partial charge in [-0.3, -0.25) is 14.9 Å². The third-order valence-corrected chi connectivity index (χ3v) is 5.00. The van der Waals surface area contributed by atoms with Crippen molar-refractivity contribution in [1.82, 2.24) is 14.9 Å². The average Bonchev–Trinajstić information content (AvgIpc) is 2.69. The Morgan fingerprint density at radius 3 is 2.58 bits per heavy atom. The average molecular weight is 347 g/mol. The van der Waals surface area contributed by atoms with Crippen molar-refractivity contribution in [3.05, 3.63) is 84.1 Å². The minimum atomic E-state index is -0.244. The molecule has 0 aliphatic carbocycles. The zero-order valence-corrected chi connectivity index (χ0v) is 14.7. The molecule has 1 aromatic heterocycles. The Hall–Kier alpha value is -2.59. The molecule has 0 unspecified atom stereocenters. The Balaban J connectivity index is 1.59. The summed E-state index contributed by atoms with van der Waals surface area (Å²) >= 11 is 0. The molecule has 3 nitrogen and oxygen atoms in total. The van der Waals surface area contributed by atoms with E-state index in [1.54, 1.807) is 24.5 Å². The van der Waals surface area contributed by atoms with Gasteiger partial charge in [-0.1, -0.05) is 42.5 Å². The minimum absolute atomic E-state index is 0.244. The number of aromatic nitrogens is 2. The molecule has 2 heterocycles. The first-order valence-corrected chi connectivity index (χ1v) is 9.13. The molecule has 0 N–H and O–H groups in total. The summed E-state index contributed by atoms with van der Waals surface area (Å²) in [7, 11) is 0. The lowest BCUT2D eigenvalue weighted by atomic mass is 9.91. The van der Waals surface area contributed by atoms with Crippen LogP contribution in [-0.2, 0) is 6.54 Å². The molecule has 1 fully saturated rings. The van der Waals surface area contributed by atoms with Crippen LogP contribution in [-0.4, -0.2) is 28.0 Å². The van der Waals surface area contributed by atoms with Gasteiger partial charge in [0, 0.05) is 37.0 Å². The SMILES string of the molecule is Fc1ccccc1-c1nccnc1[C@@H]1CCCN(Cc2ccccc2)C1. The fourth-order valence-electron chi connectivity index (χ4n) is 3.77. The van der Waals surface area contributed by atoms with Gasteiger partial charge in [-0.2, -0.15) is 0 Å². The highest BCUT2D eigenvalue weighted by atomic mass is 19.1. The standard InChI is InChI=1S/C22H22FN3/c23-20-11-5-4-10-19(20)22-21(24-12-13-25-22)18-9-6-14-26(16-18)15-17-7-2-1-3-8-17/h1-5,7-8,10-13,18H,6,9,14-16H2/t18-/m1/s1. The second-order valence-corrected chi connectivity index (χ2v) is 6.83. The van der Waals surface area contributed by atoms with Crippen LogP contribution in [0.25, 0.3) is 11.3 Å². The molecule has 1 saturated heterocycles. The predicted molar refractivity (Wildman–Crippen MR) is 101 cm³/mol. The fraction of sp³-hybridized carbons (Fsp3) is 0.273. The molecule has 132 valence electrons. The van der Waals surface area contributed by atoms with Crippen LogP contribution in [0.2, 0.25) is 0 Å². The molecule has 26 heavy (non-hydrogen) atoms. The first-order chi connectivity index (χ1) is 12.8. The predicted octanol–water partition coefficient (Wildman–Crippen LogP) is 4.66. The summed E-state index contributed by atoms with van der Waals surface area (Å²) in [5, 5.41) is 0. The van der Waals surface area contributed by atoms with Crippen molar-refractivity contribution < 1.29 is 4.39 Å². The number of piperidine rings is 1. The van der Waals surface area contributed by atoms with Gasteiger partial charge in [0.05, 0.1) is 11.4 Å². The summed E-state index contributed by atoms with van der Waals surface area (Å²) < 4.78 is 14.3. The normalized spacial score (nSPS) is 18.0. The fourth-order valence-corrected chi connectivity index (χ4v) is 3.77. The summed E-state index contributed by atoms with van der Waals surface area (Å²) in [5.74, 6) is 0.0296. The summed E-state index contributed by atoms with van der Waals surface area (Å²) in [6, 6.07) is 17.3. The van der Waals surface area contributed by atoms with Crippen LogP contribution in [0, 0.1) is 5.82 Å². The third-order valence-electron chi connectivity index (χ3n) is 5.00. The monoisotopic (exact) mass is 347 g/mol. The molecule has 2 aromatic carbocycles. The second kappa shape index (κ2) is 7.75. The van der Waals surface area contributed by atoms with Crippen LogP contribution in [0.5, 0.6) is 0 Å². The van der Waals surface area contributed by atoms with E-state index < -0.39 is 0 Å². The molecule has 0 amide bonds. The number of benzene rings is 2. The van der Waals surface area contributed by atoms with E-state index in [1.807, 2.05) is 12.1 Å². The number of hydrogen-bond donors (Lipinski definition) is 0. The van der Waals surface area contributed by atoms with Gasteiger partial charge in [0.15, 0.2) is 0 Å². The topological polar surface area (TPSA) is 29.0 Å². The van der Waals surface area contributed by atoms with Crippen molar-refractivity contribution in [3.8, 4) is 11.3 Å². The second-order valence-electron chi connectivity index (χ2n) is 6.83. The van der Waals surface area contributed by atoms with Crippen LogP contribution >= 0.6 is 0 Å². The van der Waals surface area contributed by atoms with Crippen molar-refractivity contribution in [1.29, 1.82) is 0 Å². The van der Waals surface area contributed by atoms with Crippen LogP contribution in [0.4, 0.5) is 4.39 Å². The molecule has 0 bridgehead atoms. The highest BCUT2D eigenvalue weighted by Crippen LogP contribution is 2.33. The number of hydrogen-bond acceptors (Lipinski definition) is 3. The van der Waals surface area contributed by atoms with Crippen molar-refractivity contribution in [2.24, 2.45) is 0 Å². The van der Waals surface area contributed by atoms with Gasteiger partial charge in [-0.05, 0) is 37.1 Å². The van der Waals surface area contributed by atoms with Crippen LogP contribution in [0.1, 0.15) is 30.0 Å². The van der Waals surface area contributed by atoms with Gasteiger partial charge in [-0.15, -0.1) is 0 Å². The molecular formula is C22H22FN3. The van der Waals surface area contributed by atoms with E-state index in [-0.39, 0.29) is 11.7 Å². The highest BCUT2D eigenvalue weighted by Gasteiger charge is 2.26. The van der Waals surface area contributed by atoms with E-state index >= 15 is 0 Å². The molecule has 0 spiro atoms. The van der Waals surface area contributed by atoms with Crippen LogP contribution in [0.3, 0.4) is 0 Å². The van der Waals surface area contributed by atoms with E-state index in [1.165, 1.54) is 11.6 Å². The molecular weight excluding hydrogens is 325 g/mol. The minimum Gasteiger partial charge on any atom is -0.298 e. The van der Waals surface area contributed by atoms with Crippen molar-refractivity contribution in [2.45, 2.75) is 25.3 Å². The molecule has 0 radical (unpaired) electrons. The van der Waals surface area contributed by atoms with E-state index in [2.05, 4.69) is 39.1 Å². The van der Waals surface area contributed by atoms with Gasteiger partial charge in [0.1, 0.15) is 5.82 Å². The van der Waals surface area contributed by atoms with Gasteiger partial charge < -0.3 is 0 Å². The Bertz CT molecular complexity index is 866. The Morgan fingerprint density at radius 2 is 1.73 bits per heavy atom. The van der Waals surface area contributed by atoms with Crippen LogP contribution < -0.4 is 0 Å². The van der Waals surface area contributed by atoms with Crippen molar-refractivity contribution in [3.63, 3.8) is 0 Å². The molecule has 1 atom stereocenters. The zero-order chi connectivity index (χ0) is 17.8. The number of nitrogens with zero attached hydrogens (tertiary/aromatic N) is 3. The largest absolute Gasteiger partial charge is 0.298 e.